The van der Waals surface area contributed by atoms with Crippen LogP contribution in [0.1, 0.15) is 12.8 Å². The van der Waals surface area contributed by atoms with Gasteiger partial charge in [0.2, 0.25) is 0 Å². The third-order valence-corrected chi connectivity index (χ3v) is 2.67. The molecule has 76 valence electrons. The summed E-state index contributed by atoms with van der Waals surface area (Å²) in [7, 11) is 0. The molecular weight excluding hydrogens is 176 g/mol. The molecule has 1 saturated heterocycles. The number of halogens is 2. The van der Waals surface area contributed by atoms with Crippen LogP contribution < -0.4 is 0 Å². The summed E-state index contributed by atoms with van der Waals surface area (Å²) in [5, 5.41) is 0. The summed E-state index contributed by atoms with van der Waals surface area (Å²) >= 11 is 0. The first-order valence-corrected chi connectivity index (χ1v) is 4.88. The smallest absolute Gasteiger partial charge is 0.265 e. The van der Waals surface area contributed by atoms with Crippen LogP contribution in [0.5, 0.6) is 0 Å². The van der Waals surface area contributed by atoms with Crippen LogP contribution in [0.25, 0.3) is 0 Å². The summed E-state index contributed by atoms with van der Waals surface area (Å²) < 4.78 is 29.6. The highest BCUT2D eigenvalue weighted by Gasteiger charge is 2.31. The Morgan fingerprint density at radius 2 is 2.15 bits per heavy atom. The fourth-order valence-corrected chi connectivity index (χ4v) is 1.72. The molecular formula is C9H15F2NO. The van der Waals surface area contributed by atoms with E-state index in [9.17, 15) is 8.78 Å². The lowest BCUT2D eigenvalue weighted by Crippen LogP contribution is -2.46. The van der Waals surface area contributed by atoms with Crippen molar-refractivity contribution in [1.29, 1.82) is 0 Å². The van der Waals surface area contributed by atoms with E-state index in [0.717, 1.165) is 19.0 Å². The van der Waals surface area contributed by atoms with Crippen molar-refractivity contribution in [2.45, 2.75) is 25.4 Å². The van der Waals surface area contributed by atoms with Gasteiger partial charge in [0.25, 0.3) is 6.43 Å². The first-order chi connectivity index (χ1) is 6.25. The second-order valence-corrected chi connectivity index (χ2v) is 3.95. The molecule has 0 radical (unpaired) electrons. The summed E-state index contributed by atoms with van der Waals surface area (Å²) in [5.74, 6) is 0.774. The molecule has 2 aliphatic rings. The maximum Gasteiger partial charge on any atom is 0.265 e. The largest absolute Gasteiger partial charge is 0.370 e. The van der Waals surface area contributed by atoms with Crippen molar-refractivity contribution in [2.75, 3.05) is 26.2 Å². The zero-order valence-electron chi connectivity index (χ0n) is 7.59. The lowest BCUT2D eigenvalue weighted by molar-refractivity contribution is -0.103. The number of hydrogen-bond donors (Lipinski definition) is 0. The zero-order chi connectivity index (χ0) is 9.26. The van der Waals surface area contributed by atoms with E-state index in [1.54, 1.807) is 0 Å². The summed E-state index contributed by atoms with van der Waals surface area (Å²) in [5.41, 5.74) is 0. The van der Waals surface area contributed by atoms with Gasteiger partial charge in [-0.05, 0) is 18.8 Å². The van der Waals surface area contributed by atoms with Crippen LogP contribution in [-0.4, -0.2) is 43.7 Å². The highest BCUT2D eigenvalue weighted by atomic mass is 19.3. The van der Waals surface area contributed by atoms with Gasteiger partial charge < -0.3 is 4.74 Å². The van der Waals surface area contributed by atoms with E-state index in [1.165, 1.54) is 12.8 Å². The van der Waals surface area contributed by atoms with Crippen LogP contribution in [0, 0.1) is 5.92 Å². The van der Waals surface area contributed by atoms with Crippen molar-refractivity contribution in [3.05, 3.63) is 0 Å². The maximum absolute atomic E-state index is 12.3. The molecule has 0 spiro atoms. The van der Waals surface area contributed by atoms with Gasteiger partial charge in [0.15, 0.2) is 0 Å². The van der Waals surface area contributed by atoms with E-state index >= 15 is 0 Å². The molecule has 13 heavy (non-hydrogen) atoms. The average Bonchev–Trinajstić information content (AvgIpc) is 2.89. The van der Waals surface area contributed by atoms with Crippen molar-refractivity contribution < 1.29 is 13.5 Å². The Balaban J connectivity index is 1.77. The minimum Gasteiger partial charge on any atom is -0.370 e. The molecule has 0 aromatic carbocycles. The van der Waals surface area contributed by atoms with Crippen molar-refractivity contribution in [3.63, 3.8) is 0 Å². The molecule has 2 rings (SSSR count). The van der Waals surface area contributed by atoms with Gasteiger partial charge in [-0.2, -0.15) is 0 Å². The van der Waals surface area contributed by atoms with E-state index in [4.69, 9.17) is 4.74 Å². The Hall–Kier alpha value is -0.220. The first-order valence-electron chi connectivity index (χ1n) is 4.88. The molecule has 0 amide bonds. The Morgan fingerprint density at radius 3 is 2.77 bits per heavy atom. The van der Waals surface area contributed by atoms with Crippen molar-refractivity contribution in [1.82, 2.24) is 4.90 Å². The van der Waals surface area contributed by atoms with E-state index in [-0.39, 0.29) is 0 Å². The lowest BCUT2D eigenvalue weighted by Gasteiger charge is -2.32. The Labute approximate surface area is 76.9 Å². The molecule has 2 nitrogen and oxygen atoms in total. The molecule has 2 fully saturated rings. The topological polar surface area (TPSA) is 12.5 Å². The van der Waals surface area contributed by atoms with E-state index < -0.39 is 12.5 Å². The van der Waals surface area contributed by atoms with Gasteiger partial charge in [-0.25, -0.2) is 8.78 Å². The van der Waals surface area contributed by atoms with Crippen LogP contribution in [0.3, 0.4) is 0 Å². The molecule has 1 unspecified atom stereocenters. The van der Waals surface area contributed by atoms with Crippen molar-refractivity contribution >= 4 is 0 Å². The van der Waals surface area contributed by atoms with Crippen LogP contribution >= 0.6 is 0 Å². The predicted molar refractivity (Wildman–Crippen MR) is 44.9 cm³/mol. The summed E-state index contributed by atoms with van der Waals surface area (Å²) in [6, 6.07) is 0. The van der Waals surface area contributed by atoms with Crippen molar-refractivity contribution in [3.8, 4) is 0 Å². The number of hydrogen-bond acceptors (Lipinski definition) is 2. The Bertz CT molecular complexity index is 173. The maximum atomic E-state index is 12.3. The highest BCUT2D eigenvalue weighted by Crippen LogP contribution is 2.30. The molecule has 0 aromatic rings. The van der Waals surface area contributed by atoms with Crippen LogP contribution in [0.15, 0.2) is 0 Å². The van der Waals surface area contributed by atoms with Gasteiger partial charge in [-0.3, -0.25) is 4.90 Å². The normalized spacial score (nSPS) is 31.2. The Kier molecular flexibility index (Phi) is 2.79. The molecule has 4 heteroatoms. The predicted octanol–water partition coefficient (Wildman–Crippen LogP) is 1.36. The van der Waals surface area contributed by atoms with Gasteiger partial charge in [0, 0.05) is 19.6 Å². The molecule has 1 heterocycles. The second-order valence-electron chi connectivity index (χ2n) is 3.95. The van der Waals surface area contributed by atoms with E-state index in [2.05, 4.69) is 4.90 Å². The SMILES string of the molecule is FC(F)C1CN(CC2CC2)CCO1. The van der Waals surface area contributed by atoms with Gasteiger partial charge in [-0.15, -0.1) is 0 Å². The quantitative estimate of drug-likeness (QED) is 0.668. The molecule has 1 aliphatic carbocycles. The van der Waals surface area contributed by atoms with E-state index in [0.29, 0.717) is 13.2 Å². The lowest BCUT2D eigenvalue weighted by atomic mass is 10.2. The number of morpholine rings is 1. The molecule has 0 aromatic heterocycles. The van der Waals surface area contributed by atoms with Crippen LogP contribution in [0.4, 0.5) is 8.78 Å². The number of alkyl halides is 2. The zero-order valence-corrected chi connectivity index (χ0v) is 7.59. The van der Waals surface area contributed by atoms with Crippen LogP contribution in [-0.2, 0) is 4.74 Å². The standard InChI is InChI=1S/C9H15F2NO/c10-9(11)8-6-12(3-4-13-8)5-7-1-2-7/h7-9H,1-6H2. The molecule has 0 N–H and O–H groups in total. The fourth-order valence-electron chi connectivity index (χ4n) is 1.72. The summed E-state index contributed by atoms with van der Waals surface area (Å²) in [6.07, 6.45) is -0.637. The van der Waals surface area contributed by atoms with Crippen molar-refractivity contribution in [2.24, 2.45) is 5.92 Å². The number of ether oxygens (including phenoxy) is 1. The second kappa shape index (κ2) is 3.88. The van der Waals surface area contributed by atoms with Crippen LogP contribution in [0.2, 0.25) is 0 Å². The monoisotopic (exact) mass is 191 g/mol. The van der Waals surface area contributed by atoms with Gasteiger partial charge in [-0.1, -0.05) is 0 Å². The third kappa shape index (κ3) is 2.61. The Morgan fingerprint density at radius 1 is 1.38 bits per heavy atom. The van der Waals surface area contributed by atoms with Gasteiger partial charge in [0.05, 0.1) is 6.61 Å². The summed E-state index contributed by atoms with van der Waals surface area (Å²) in [4.78, 5) is 2.11. The molecule has 1 aliphatic heterocycles. The van der Waals surface area contributed by atoms with Gasteiger partial charge >= 0.3 is 0 Å². The molecule has 1 saturated carbocycles. The van der Waals surface area contributed by atoms with E-state index in [1.807, 2.05) is 0 Å². The number of rotatable bonds is 3. The fraction of sp³-hybridized carbons (Fsp3) is 1.00. The minimum atomic E-state index is -2.33. The summed E-state index contributed by atoms with van der Waals surface area (Å²) in [6.45, 7) is 2.68. The average molecular weight is 191 g/mol. The minimum absolute atomic E-state index is 0.411. The number of nitrogens with zero attached hydrogens (tertiary/aromatic N) is 1. The molecule has 0 bridgehead atoms. The first kappa shape index (κ1) is 9.34. The van der Waals surface area contributed by atoms with Gasteiger partial charge in [0.1, 0.15) is 6.10 Å². The highest BCUT2D eigenvalue weighted by molar-refractivity contribution is 4.81. The third-order valence-electron chi connectivity index (χ3n) is 2.67. The molecule has 1 atom stereocenters.